The van der Waals surface area contributed by atoms with Crippen molar-refractivity contribution in [1.29, 1.82) is 0 Å². The highest BCUT2D eigenvalue weighted by atomic mass is 79.9. The Morgan fingerprint density at radius 3 is 2.65 bits per heavy atom. The number of rotatable bonds is 5. The summed E-state index contributed by atoms with van der Waals surface area (Å²) in [6, 6.07) is 6.31. The van der Waals surface area contributed by atoms with Crippen LogP contribution in [0.2, 0.25) is 0 Å². The van der Waals surface area contributed by atoms with Gasteiger partial charge in [-0.3, -0.25) is 0 Å². The molecule has 108 valence electrons. The summed E-state index contributed by atoms with van der Waals surface area (Å²) in [5.41, 5.74) is 2.22. The van der Waals surface area contributed by atoms with Gasteiger partial charge in [-0.1, -0.05) is 13.8 Å². The van der Waals surface area contributed by atoms with E-state index in [-0.39, 0.29) is 0 Å². The third-order valence-corrected chi connectivity index (χ3v) is 5.03. The molecule has 5 heteroatoms. The summed E-state index contributed by atoms with van der Waals surface area (Å²) in [5, 5.41) is 2.10. The Morgan fingerprint density at radius 2 is 2.10 bits per heavy atom. The van der Waals surface area contributed by atoms with E-state index in [0.29, 0.717) is 11.8 Å². The molecule has 0 radical (unpaired) electrons. The molecule has 0 aliphatic heterocycles. The lowest BCUT2D eigenvalue weighted by Crippen LogP contribution is -2.18. The molecule has 0 saturated heterocycles. The molecule has 0 N–H and O–H groups in total. The van der Waals surface area contributed by atoms with Crippen LogP contribution in [0.1, 0.15) is 35.9 Å². The molecule has 0 saturated carbocycles. The molecular weight excluding hydrogens is 356 g/mol. The number of hydrogen-bond acceptors (Lipinski definition) is 3. The monoisotopic (exact) mass is 372 g/mol. The first-order valence-corrected chi connectivity index (χ1v) is 8.71. The number of aromatic nitrogens is 1. The largest absolute Gasteiger partial charge is 0.355 e. The van der Waals surface area contributed by atoms with E-state index in [0.717, 1.165) is 28.1 Å². The summed E-state index contributed by atoms with van der Waals surface area (Å²) < 4.78 is 1.14. The zero-order valence-corrected chi connectivity index (χ0v) is 15.0. The number of thiophene rings is 1. The Balaban J connectivity index is 2.24. The first-order valence-electron chi connectivity index (χ1n) is 6.50. The summed E-state index contributed by atoms with van der Waals surface area (Å²) in [5.74, 6) is 1.91. The van der Waals surface area contributed by atoms with Gasteiger partial charge in [0.2, 0.25) is 0 Å². The van der Waals surface area contributed by atoms with Crippen LogP contribution in [0.4, 0.5) is 5.82 Å². The molecule has 2 rings (SSSR count). The number of hydrogen-bond donors (Lipinski definition) is 0. The summed E-state index contributed by atoms with van der Waals surface area (Å²) in [6.07, 6.45) is 0. The van der Waals surface area contributed by atoms with Crippen molar-refractivity contribution in [3.8, 4) is 0 Å². The number of nitrogens with zero attached hydrogens (tertiary/aromatic N) is 2. The molecule has 0 aromatic carbocycles. The van der Waals surface area contributed by atoms with E-state index in [1.807, 2.05) is 0 Å². The van der Waals surface area contributed by atoms with Gasteiger partial charge in [-0.15, -0.1) is 22.9 Å². The van der Waals surface area contributed by atoms with E-state index in [9.17, 15) is 0 Å². The first-order chi connectivity index (χ1) is 9.49. The fourth-order valence-electron chi connectivity index (χ4n) is 1.91. The standard InChI is InChI=1S/C15H18BrClN2S/c1-10(2)14-4-11(7-17)5-15(18-14)19(3)8-13-6-12(16)9-20-13/h4-6,9-10H,7-8H2,1-3H3. The van der Waals surface area contributed by atoms with E-state index in [1.54, 1.807) is 11.3 Å². The summed E-state index contributed by atoms with van der Waals surface area (Å²) in [4.78, 5) is 8.22. The molecule has 0 spiro atoms. The van der Waals surface area contributed by atoms with Gasteiger partial charge in [0.05, 0.1) is 6.54 Å². The van der Waals surface area contributed by atoms with E-state index in [1.165, 1.54) is 4.88 Å². The van der Waals surface area contributed by atoms with E-state index in [4.69, 9.17) is 16.6 Å². The normalized spacial score (nSPS) is 11.1. The van der Waals surface area contributed by atoms with Gasteiger partial charge >= 0.3 is 0 Å². The average molecular weight is 374 g/mol. The second-order valence-electron chi connectivity index (χ2n) is 5.13. The second kappa shape index (κ2) is 6.92. The van der Waals surface area contributed by atoms with Gasteiger partial charge in [0, 0.05) is 33.4 Å². The van der Waals surface area contributed by atoms with Crippen molar-refractivity contribution in [2.24, 2.45) is 0 Å². The van der Waals surface area contributed by atoms with Crippen LogP contribution in [0, 0.1) is 0 Å². The van der Waals surface area contributed by atoms with Crippen molar-refractivity contribution in [3.63, 3.8) is 0 Å². The number of pyridine rings is 1. The van der Waals surface area contributed by atoms with Gasteiger partial charge < -0.3 is 4.90 Å². The van der Waals surface area contributed by atoms with Gasteiger partial charge in [-0.2, -0.15) is 0 Å². The minimum Gasteiger partial charge on any atom is -0.355 e. The third-order valence-electron chi connectivity index (χ3n) is 3.04. The zero-order chi connectivity index (χ0) is 14.7. The van der Waals surface area contributed by atoms with Crippen LogP contribution in [-0.2, 0) is 12.4 Å². The van der Waals surface area contributed by atoms with Crippen LogP contribution < -0.4 is 4.90 Å². The molecule has 0 amide bonds. The highest BCUT2D eigenvalue weighted by molar-refractivity contribution is 9.10. The molecule has 0 aliphatic carbocycles. The van der Waals surface area contributed by atoms with Crippen LogP contribution in [0.25, 0.3) is 0 Å². The fraction of sp³-hybridized carbons (Fsp3) is 0.400. The Bertz CT molecular complexity index is 583. The van der Waals surface area contributed by atoms with Gasteiger partial charge in [0.15, 0.2) is 0 Å². The number of halogens is 2. The van der Waals surface area contributed by atoms with Crippen molar-refractivity contribution in [2.75, 3.05) is 11.9 Å². The van der Waals surface area contributed by atoms with Crippen molar-refractivity contribution in [3.05, 3.63) is 44.2 Å². The Morgan fingerprint density at radius 1 is 1.35 bits per heavy atom. The predicted molar refractivity (Wildman–Crippen MR) is 92.0 cm³/mol. The van der Waals surface area contributed by atoms with Crippen LogP contribution in [-0.4, -0.2) is 12.0 Å². The molecule has 0 atom stereocenters. The lowest BCUT2D eigenvalue weighted by atomic mass is 10.1. The number of alkyl halides is 1. The molecule has 0 unspecified atom stereocenters. The van der Waals surface area contributed by atoms with Gasteiger partial charge in [-0.25, -0.2) is 4.98 Å². The Hall–Kier alpha value is -0.580. The minimum absolute atomic E-state index is 0.404. The maximum atomic E-state index is 5.99. The van der Waals surface area contributed by atoms with Gasteiger partial charge in [0.25, 0.3) is 0 Å². The van der Waals surface area contributed by atoms with Crippen LogP contribution in [0.3, 0.4) is 0 Å². The lowest BCUT2D eigenvalue weighted by Gasteiger charge is -2.20. The summed E-state index contributed by atoms with van der Waals surface area (Å²) in [6.45, 7) is 5.16. The molecule has 2 heterocycles. The van der Waals surface area contributed by atoms with E-state index < -0.39 is 0 Å². The zero-order valence-electron chi connectivity index (χ0n) is 11.9. The van der Waals surface area contributed by atoms with Crippen LogP contribution in [0.5, 0.6) is 0 Å². The van der Waals surface area contributed by atoms with Crippen LogP contribution >= 0.6 is 38.9 Å². The number of anilines is 1. The molecule has 0 bridgehead atoms. The van der Waals surface area contributed by atoms with Gasteiger partial charge in [0.1, 0.15) is 5.82 Å². The molecule has 0 aliphatic rings. The molecule has 20 heavy (non-hydrogen) atoms. The maximum absolute atomic E-state index is 5.99. The third kappa shape index (κ3) is 3.96. The molecule has 2 nitrogen and oxygen atoms in total. The molecule has 0 fully saturated rings. The molecule has 2 aromatic rings. The van der Waals surface area contributed by atoms with Crippen molar-refractivity contribution in [1.82, 2.24) is 4.98 Å². The van der Waals surface area contributed by atoms with Gasteiger partial charge in [-0.05, 0) is 45.6 Å². The molecular formula is C15H18BrClN2S. The topological polar surface area (TPSA) is 16.1 Å². The Kier molecular flexibility index (Phi) is 5.47. The SMILES string of the molecule is CC(C)c1cc(CCl)cc(N(C)Cc2cc(Br)cs2)n1. The van der Waals surface area contributed by atoms with E-state index >= 15 is 0 Å². The van der Waals surface area contributed by atoms with Crippen molar-refractivity contribution >= 4 is 44.7 Å². The first kappa shape index (κ1) is 15.8. The minimum atomic E-state index is 0.404. The van der Waals surface area contributed by atoms with Crippen molar-refractivity contribution in [2.45, 2.75) is 32.2 Å². The Labute approximate surface area is 137 Å². The highest BCUT2D eigenvalue weighted by Crippen LogP contribution is 2.25. The summed E-state index contributed by atoms with van der Waals surface area (Å²) in [7, 11) is 2.07. The molecule has 2 aromatic heterocycles. The predicted octanol–water partition coefficient (Wildman–Crippen LogP) is 5.40. The highest BCUT2D eigenvalue weighted by Gasteiger charge is 2.10. The lowest BCUT2D eigenvalue weighted by molar-refractivity contribution is 0.805. The summed E-state index contributed by atoms with van der Waals surface area (Å²) >= 11 is 11.2. The smallest absolute Gasteiger partial charge is 0.129 e. The fourth-order valence-corrected chi connectivity index (χ4v) is 3.57. The second-order valence-corrected chi connectivity index (χ2v) is 7.31. The van der Waals surface area contributed by atoms with Crippen LogP contribution in [0.15, 0.2) is 28.1 Å². The van der Waals surface area contributed by atoms with E-state index in [2.05, 4.69) is 65.3 Å². The quantitative estimate of drug-likeness (QED) is 0.652. The average Bonchev–Trinajstić information content (AvgIpc) is 2.83. The maximum Gasteiger partial charge on any atom is 0.129 e. The van der Waals surface area contributed by atoms with Crippen molar-refractivity contribution < 1.29 is 0 Å².